The summed E-state index contributed by atoms with van der Waals surface area (Å²) in [7, 11) is 0. The topological polar surface area (TPSA) is 143 Å². The molecule has 0 bridgehead atoms. The number of nitrogen functional groups attached to an aromatic ring is 1. The van der Waals surface area contributed by atoms with Crippen LogP contribution in [0.5, 0.6) is 5.75 Å². The first kappa shape index (κ1) is 18.0. The summed E-state index contributed by atoms with van der Waals surface area (Å²) in [4.78, 5) is 38.1. The van der Waals surface area contributed by atoms with Crippen molar-refractivity contribution in [2.24, 2.45) is 0 Å². The van der Waals surface area contributed by atoms with Gasteiger partial charge in [0.05, 0.1) is 6.61 Å². The second-order valence-corrected chi connectivity index (χ2v) is 5.70. The molecule has 0 unspecified atom stereocenters. The van der Waals surface area contributed by atoms with Crippen LogP contribution in [0, 0.1) is 0 Å². The summed E-state index contributed by atoms with van der Waals surface area (Å²) in [6.07, 6.45) is 0. The van der Waals surface area contributed by atoms with Gasteiger partial charge in [-0.1, -0.05) is 30.3 Å². The molecule has 0 spiro atoms. The Balaban J connectivity index is 2.61. The third-order valence-corrected chi connectivity index (χ3v) is 4.11. The van der Waals surface area contributed by atoms with Crippen LogP contribution in [0.15, 0.2) is 41.2 Å². The maximum Gasteiger partial charge on any atom is 0.342 e. The number of aromatic nitrogens is 1. The Kier molecular flexibility index (Phi) is 4.55. The van der Waals surface area contributed by atoms with E-state index in [0.717, 1.165) is 5.39 Å². The van der Waals surface area contributed by atoms with Crippen molar-refractivity contribution in [3.8, 4) is 16.9 Å². The molecule has 0 atom stereocenters. The number of rotatable bonds is 5. The lowest BCUT2D eigenvalue weighted by atomic mass is 9.90. The van der Waals surface area contributed by atoms with E-state index in [4.69, 9.17) is 10.5 Å². The van der Waals surface area contributed by atoms with Gasteiger partial charge in [0.2, 0.25) is 0 Å². The molecule has 0 amide bonds. The molecule has 0 fully saturated rings. The van der Waals surface area contributed by atoms with Crippen LogP contribution in [0.3, 0.4) is 0 Å². The summed E-state index contributed by atoms with van der Waals surface area (Å²) in [6, 6.07) is 10.4. The molecular formula is C19H16N2O6. The van der Waals surface area contributed by atoms with Gasteiger partial charge in [-0.3, -0.25) is 4.79 Å². The predicted octanol–water partition coefficient (Wildman–Crippen LogP) is 2.57. The SMILES string of the molecule is CCOc1ccc2ccccc2c1-c1c(C(=O)O)c(N)[nH]c(=O)c1C(=O)O. The maximum absolute atomic E-state index is 12.3. The largest absolute Gasteiger partial charge is 0.493 e. The summed E-state index contributed by atoms with van der Waals surface area (Å²) in [5, 5.41) is 20.5. The second-order valence-electron chi connectivity index (χ2n) is 5.70. The first-order valence-corrected chi connectivity index (χ1v) is 8.04. The smallest absolute Gasteiger partial charge is 0.342 e. The number of carboxylic acids is 2. The molecule has 0 aliphatic carbocycles. The van der Waals surface area contributed by atoms with Crippen LogP contribution in [0.25, 0.3) is 21.9 Å². The highest BCUT2D eigenvalue weighted by Gasteiger charge is 2.29. The summed E-state index contributed by atoms with van der Waals surface area (Å²) < 4.78 is 5.61. The lowest BCUT2D eigenvalue weighted by Gasteiger charge is -2.18. The fourth-order valence-electron chi connectivity index (χ4n) is 3.08. The molecule has 138 valence electrons. The minimum atomic E-state index is -1.57. The zero-order valence-corrected chi connectivity index (χ0v) is 14.3. The number of benzene rings is 2. The van der Waals surface area contributed by atoms with Crippen molar-refractivity contribution in [3.05, 3.63) is 57.9 Å². The van der Waals surface area contributed by atoms with Gasteiger partial charge in [0.1, 0.15) is 22.7 Å². The number of anilines is 1. The first-order valence-electron chi connectivity index (χ1n) is 8.04. The molecule has 3 aromatic rings. The highest BCUT2D eigenvalue weighted by atomic mass is 16.5. The summed E-state index contributed by atoms with van der Waals surface area (Å²) in [5.74, 6) is -3.20. The van der Waals surface area contributed by atoms with Gasteiger partial charge in [0.25, 0.3) is 5.56 Å². The Morgan fingerprint density at radius 3 is 2.33 bits per heavy atom. The number of hydrogen-bond acceptors (Lipinski definition) is 5. The number of carboxylic acid groups (broad SMARTS) is 2. The van der Waals surface area contributed by atoms with Crippen molar-refractivity contribution in [1.29, 1.82) is 0 Å². The molecule has 5 N–H and O–H groups in total. The predicted molar refractivity (Wildman–Crippen MR) is 99.5 cm³/mol. The Morgan fingerprint density at radius 1 is 1.04 bits per heavy atom. The number of carbonyl (C=O) groups is 2. The Labute approximate surface area is 152 Å². The Bertz CT molecular complexity index is 1130. The van der Waals surface area contributed by atoms with E-state index in [2.05, 4.69) is 4.98 Å². The van der Waals surface area contributed by atoms with Crippen molar-refractivity contribution in [1.82, 2.24) is 4.98 Å². The summed E-state index contributed by atoms with van der Waals surface area (Å²) >= 11 is 0. The van der Waals surface area contributed by atoms with Crippen molar-refractivity contribution in [2.75, 3.05) is 12.3 Å². The second kappa shape index (κ2) is 6.83. The molecule has 0 aliphatic rings. The maximum atomic E-state index is 12.3. The highest BCUT2D eigenvalue weighted by molar-refractivity contribution is 6.13. The van der Waals surface area contributed by atoms with Gasteiger partial charge in [-0.25, -0.2) is 9.59 Å². The van der Waals surface area contributed by atoms with Crippen molar-refractivity contribution < 1.29 is 24.5 Å². The van der Waals surface area contributed by atoms with E-state index in [1.165, 1.54) is 0 Å². The van der Waals surface area contributed by atoms with E-state index in [9.17, 15) is 24.6 Å². The fraction of sp³-hybridized carbons (Fsp3) is 0.105. The number of fused-ring (bicyclic) bond motifs is 1. The van der Waals surface area contributed by atoms with Gasteiger partial charge in [-0.15, -0.1) is 0 Å². The van der Waals surface area contributed by atoms with E-state index in [0.29, 0.717) is 5.39 Å². The fourth-order valence-corrected chi connectivity index (χ4v) is 3.08. The van der Waals surface area contributed by atoms with Crippen molar-refractivity contribution in [3.63, 3.8) is 0 Å². The third kappa shape index (κ3) is 2.97. The quantitative estimate of drug-likeness (QED) is 0.542. The number of ether oxygens (including phenoxy) is 1. The lowest BCUT2D eigenvalue weighted by molar-refractivity contribution is 0.0695. The molecule has 3 rings (SSSR count). The average Bonchev–Trinajstić information content (AvgIpc) is 2.60. The molecule has 0 aliphatic heterocycles. The highest BCUT2D eigenvalue weighted by Crippen LogP contribution is 2.41. The molecule has 1 aromatic heterocycles. The van der Waals surface area contributed by atoms with Gasteiger partial charge >= 0.3 is 11.9 Å². The van der Waals surface area contributed by atoms with Crippen LogP contribution in [-0.4, -0.2) is 33.7 Å². The van der Waals surface area contributed by atoms with Gasteiger partial charge in [-0.2, -0.15) is 0 Å². The van der Waals surface area contributed by atoms with Crippen LogP contribution in [0.4, 0.5) is 5.82 Å². The van der Waals surface area contributed by atoms with Crippen LogP contribution in [0.2, 0.25) is 0 Å². The number of nitrogens with two attached hydrogens (primary N) is 1. The molecular weight excluding hydrogens is 352 g/mol. The molecule has 0 saturated heterocycles. The Hall–Kier alpha value is -3.81. The minimum Gasteiger partial charge on any atom is -0.493 e. The van der Waals surface area contributed by atoms with E-state index >= 15 is 0 Å². The number of aromatic carboxylic acids is 2. The molecule has 2 aromatic carbocycles. The average molecular weight is 368 g/mol. The van der Waals surface area contributed by atoms with E-state index in [1.54, 1.807) is 43.3 Å². The van der Waals surface area contributed by atoms with Crippen LogP contribution in [-0.2, 0) is 0 Å². The lowest BCUT2D eigenvalue weighted by Crippen LogP contribution is -2.24. The number of aromatic amines is 1. The van der Waals surface area contributed by atoms with E-state index in [1.807, 2.05) is 0 Å². The van der Waals surface area contributed by atoms with Crippen LogP contribution < -0.4 is 16.0 Å². The molecule has 0 radical (unpaired) electrons. The zero-order valence-electron chi connectivity index (χ0n) is 14.3. The summed E-state index contributed by atoms with van der Waals surface area (Å²) in [5.41, 5.74) is 3.45. The van der Waals surface area contributed by atoms with E-state index in [-0.39, 0.29) is 23.5 Å². The number of H-pyrrole nitrogens is 1. The molecule has 0 saturated carbocycles. The van der Waals surface area contributed by atoms with Gasteiger partial charge in [0, 0.05) is 11.1 Å². The molecule has 1 heterocycles. The molecule has 8 heteroatoms. The summed E-state index contributed by atoms with van der Waals surface area (Å²) in [6.45, 7) is 2.00. The zero-order chi connectivity index (χ0) is 19.7. The van der Waals surface area contributed by atoms with Crippen molar-refractivity contribution in [2.45, 2.75) is 6.92 Å². The van der Waals surface area contributed by atoms with Crippen LogP contribution >= 0.6 is 0 Å². The third-order valence-electron chi connectivity index (χ3n) is 4.11. The molecule has 27 heavy (non-hydrogen) atoms. The van der Waals surface area contributed by atoms with Crippen molar-refractivity contribution >= 4 is 28.5 Å². The number of hydrogen-bond donors (Lipinski definition) is 4. The Morgan fingerprint density at radius 2 is 1.70 bits per heavy atom. The number of nitrogens with one attached hydrogen (secondary N) is 1. The standard InChI is InChI=1S/C19H16N2O6/c1-2-27-11-8-7-9-5-3-4-6-10(9)12(11)13-14(18(23)24)16(20)21-17(22)15(13)19(25)26/h3-8H,2H2,1H3,(H,23,24)(H,25,26)(H3,20,21,22). The normalized spacial score (nSPS) is 10.7. The molecule has 8 nitrogen and oxygen atoms in total. The van der Waals surface area contributed by atoms with Crippen LogP contribution in [0.1, 0.15) is 27.6 Å². The van der Waals surface area contributed by atoms with E-state index < -0.39 is 34.4 Å². The van der Waals surface area contributed by atoms with Gasteiger partial charge < -0.3 is 25.7 Å². The minimum absolute atomic E-state index is 0.197. The monoisotopic (exact) mass is 368 g/mol. The van der Waals surface area contributed by atoms with Gasteiger partial charge in [-0.05, 0) is 23.8 Å². The number of pyridine rings is 1. The van der Waals surface area contributed by atoms with Gasteiger partial charge in [0.15, 0.2) is 0 Å². The first-order chi connectivity index (χ1) is 12.9.